The maximum absolute atomic E-state index is 12.5. The molecule has 0 aliphatic heterocycles. The van der Waals surface area contributed by atoms with Crippen LogP contribution >= 0.6 is 0 Å². The maximum atomic E-state index is 12.5. The second kappa shape index (κ2) is 6.63. The van der Waals surface area contributed by atoms with Gasteiger partial charge in [0.15, 0.2) is 0 Å². The topological polar surface area (TPSA) is 72.8 Å². The number of hydrogen-bond donors (Lipinski definition) is 1. The average molecular weight is 326 g/mol. The Balaban J connectivity index is 2.52. The SMILES string of the molecule is C=C(C)C(=O)OCC(O)COC(=O)C1(CC(C)(C)C)CC1(C)C. The van der Waals surface area contributed by atoms with Crippen LogP contribution in [0.5, 0.6) is 0 Å². The molecular weight excluding hydrogens is 296 g/mol. The molecule has 0 saturated heterocycles. The maximum Gasteiger partial charge on any atom is 0.333 e. The Morgan fingerprint density at radius 3 is 2.09 bits per heavy atom. The lowest BCUT2D eigenvalue weighted by Crippen LogP contribution is -2.32. The molecule has 0 radical (unpaired) electrons. The first-order valence-electron chi connectivity index (χ1n) is 7.99. The highest BCUT2D eigenvalue weighted by atomic mass is 16.6. The molecular formula is C18H30O5. The minimum absolute atomic E-state index is 0.0163. The van der Waals surface area contributed by atoms with E-state index in [-0.39, 0.29) is 35.6 Å². The molecule has 0 heterocycles. The van der Waals surface area contributed by atoms with Crippen molar-refractivity contribution in [2.24, 2.45) is 16.2 Å². The van der Waals surface area contributed by atoms with Crippen LogP contribution in [0.3, 0.4) is 0 Å². The fraction of sp³-hybridized carbons (Fsp3) is 0.778. The van der Waals surface area contributed by atoms with Crippen LogP contribution < -0.4 is 0 Å². The molecule has 1 saturated carbocycles. The Bertz CT molecular complexity index is 486. The molecule has 132 valence electrons. The van der Waals surface area contributed by atoms with Gasteiger partial charge in [-0.25, -0.2) is 4.79 Å². The standard InChI is InChI=1S/C18H30O5/c1-12(2)14(20)22-8-13(19)9-23-15(21)18(10-16(3,4)5)11-17(18,6)7/h13,19H,1,8-11H2,2-7H3. The predicted octanol–water partition coefficient (Wildman–Crippen LogP) is 2.86. The number of aliphatic hydroxyl groups is 1. The van der Waals surface area contributed by atoms with Crippen molar-refractivity contribution in [2.75, 3.05) is 13.2 Å². The summed E-state index contributed by atoms with van der Waals surface area (Å²) in [6, 6.07) is 0. The Kier molecular flexibility index (Phi) is 5.68. The van der Waals surface area contributed by atoms with Gasteiger partial charge in [-0.15, -0.1) is 0 Å². The van der Waals surface area contributed by atoms with E-state index in [4.69, 9.17) is 9.47 Å². The van der Waals surface area contributed by atoms with Crippen LogP contribution in [0.25, 0.3) is 0 Å². The van der Waals surface area contributed by atoms with Gasteiger partial charge in [0.05, 0.1) is 5.41 Å². The number of rotatable bonds is 7. The molecule has 1 N–H and O–H groups in total. The molecule has 1 aliphatic rings. The number of ether oxygens (including phenoxy) is 2. The van der Waals surface area contributed by atoms with Gasteiger partial charge in [-0.3, -0.25) is 4.79 Å². The molecule has 0 amide bonds. The molecule has 0 bridgehead atoms. The summed E-state index contributed by atoms with van der Waals surface area (Å²) >= 11 is 0. The van der Waals surface area contributed by atoms with Crippen LogP contribution in [0.15, 0.2) is 12.2 Å². The normalized spacial score (nSPS) is 23.8. The predicted molar refractivity (Wildman–Crippen MR) is 87.6 cm³/mol. The molecule has 5 heteroatoms. The minimum atomic E-state index is -1.03. The highest BCUT2D eigenvalue weighted by molar-refractivity contribution is 5.86. The van der Waals surface area contributed by atoms with Gasteiger partial charge in [0.1, 0.15) is 19.3 Å². The Labute approximate surface area is 139 Å². The molecule has 1 fully saturated rings. The van der Waals surface area contributed by atoms with E-state index in [1.165, 1.54) is 6.92 Å². The van der Waals surface area contributed by atoms with Gasteiger partial charge < -0.3 is 14.6 Å². The van der Waals surface area contributed by atoms with E-state index in [0.717, 1.165) is 12.8 Å². The van der Waals surface area contributed by atoms with Crippen molar-refractivity contribution < 1.29 is 24.2 Å². The molecule has 2 atom stereocenters. The van der Waals surface area contributed by atoms with Gasteiger partial charge in [0, 0.05) is 5.57 Å². The van der Waals surface area contributed by atoms with Crippen molar-refractivity contribution in [3.05, 3.63) is 12.2 Å². The largest absolute Gasteiger partial charge is 0.462 e. The molecule has 2 unspecified atom stereocenters. The van der Waals surface area contributed by atoms with E-state index in [2.05, 4.69) is 41.2 Å². The quantitative estimate of drug-likeness (QED) is 0.575. The van der Waals surface area contributed by atoms with Gasteiger partial charge >= 0.3 is 11.9 Å². The zero-order chi connectivity index (χ0) is 18.1. The fourth-order valence-electron chi connectivity index (χ4n) is 2.99. The lowest BCUT2D eigenvalue weighted by atomic mass is 9.79. The molecule has 1 rings (SSSR count). The third-order valence-electron chi connectivity index (χ3n) is 4.30. The lowest BCUT2D eigenvalue weighted by Gasteiger charge is -2.27. The van der Waals surface area contributed by atoms with Crippen molar-refractivity contribution in [1.82, 2.24) is 0 Å². The highest BCUT2D eigenvalue weighted by Gasteiger charge is 2.67. The van der Waals surface area contributed by atoms with Crippen LogP contribution in [0.1, 0.15) is 54.4 Å². The number of aliphatic hydroxyl groups excluding tert-OH is 1. The summed E-state index contributed by atoms with van der Waals surface area (Å²) in [5.74, 6) is -0.842. The number of carbonyl (C=O) groups excluding carboxylic acids is 2. The third-order valence-corrected chi connectivity index (χ3v) is 4.30. The van der Waals surface area contributed by atoms with Gasteiger partial charge in [0.25, 0.3) is 0 Å². The van der Waals surface area contributed by atoms with Crippen molar-refractivity contribution in [3.8, 4) is 0 Å². The smallest absolute Gasteiger partial charge is 0.333 e. The number of carbonyl (C=O) groups is 2. The van der Waals surface area contributed by atoms with Gasteiger partial charge in [0.2, 0.25) is 0 Å². The second-order valence-corrected chi connectivity index (χ2v) is 8.51. The first-order valence-corrected chi connectivity index (χ1v) is 7.99. The van der Waals surface area contributed by atoms with E-state index in [1.54, 1.807) is 0 Å². The summed E-state index contributed by atoms with van der Waals surface area (Å²) in [4.78, 5) is 23.8. The molecule has 5 nitrogen and oxygen atoms in total. The van der Waals surface area contributed by atoms with Crippen molar-refractivity contribution in [1.29, 1.82) is 0 Å². The second-order valence-electron chi connectivity index (χ2n) is 8.51. The van der Waals surface area contributed by atoms with E-state index >= 15 is 0 Å². The van der Waals surface area contributed by atoms with Crippen LogP contribution in [-0.2, 0) is 19.1 Å². The summed E-state index contributed by atoms with van der Waals surface area (Å²) in [7, 11) is 0. The zero-order valence-corrected chi connectivity index (χ0v) is 15.2. The Morgan fingerprint density at radius 1 is 1.22 bits per heavy atom. The van der Waals surface area contributed by atoms with Crippen LogP contribution in [0.4, 0.5) is 0 Å². The first kappa shape index (κ1) is 19.7. The fourth-order valence-corrected chi connectivity index (χ4v) is 2.99. The van der Waals surface area contributed by atoms with E-state index in [0.29, 0.717) is 0 Å². The Hall–Kier alpha value is -1.36. The summed E-state index contributed by atoms with van der Waals surface area (Å²) < 4.78 is 10.1. The average Bonchev–Trinajstić information content (AvgIpc) is 2.92. The summed E-state index contributed by atoms with van der Waals surface area (Å²) in [5.41, 5.74) is -0.297. The number of hydrogen-bond acceptors (Lipinski definition) is 5. The van der Waals surface area contributed by atoms with Crippen molar-refractivity contribution in [3.63, 3.8) is 0 Å². The molecule has 0 aromatic carbocycles. The van der Waals surface area contributed by atoms with E-state index in [1.807, 2.05) is 0 Å². The highest BCUT2D eigenvalue weighted by Crippen LogP contribution is 2.68. The van der Waals surface area contributed by atoms with Gasteiger partial charge in [-0.1, -0.05) is 41.2 Å². The first-order chi connectivity index (χ1) is 10.3. The summed E-state index contributed by atoms with van der Waals surface area (Å²) in [5, 5.41) is 9.79. The van der Waals surface area contributed by atoms with Crippen LogP contribution in [0.2, 0.25) is 0 Å². The zero-order valence-electron chi connectivity index (χ0n) is 15.2. The van der Waals surface area contributed by atoms with E-state index < -0.39 is 17.5 Å². The minimum Gasteiger partial charge on any atom is -0.462 e. The molecule has 23 heavy (non-hydrogen) atoms. The third kappa shape index (κ3) is 5.06. The molecule has 0 spiro atoms. The van der Waals surface area contributed by atoms with Gasteiger partial charge in [-0.05, 0) is 30.6 Å². The Morgan fingerprint density at radius 2 is 1.70 bits per heavy atom. The monoisotopic (exact) mass is 326 g/mol. The molecule has 0 aromatic heterocycles. The lowest BCUT2D eigenvalue weighted by molar-refractivity contribution is -0.158. The van der Waals surface area contributed by atoms with Gasteiger partial charge in [-0.2, -0.15) is 0 Å². The van der Waals surface area contributed by atoms with Crippen LogP contribution in [0, 0.1) is 16.2 Å². The summed E-state index contributed by atoms with van der Waals surface area (Å²) in [6.07, 6.45) is 0.499. The molecule has 1 aliphatic carbocycles. The van der Waals surface area contributed by atoms with Crippen LogP contribution in [-0.4, -0.2) is 36.4 Å². The van der Waals surface area contributed by atoms with E-state index in [9.17, 15) is 14.7 Å². The number of esters is 2. The van der Waals surface area contributed by atoms with Crippen molar-refractivity contribution in [2.45, 2.75) is 60.5 Å². The summed E-state index contributed by atoms with van der Waals surface area (Å²) in [6.45, 7) is 15.0. The molecule has 0 aromatic rings. The van der Waals surface area contributed by atoms with Crippen molar-refractivity contribution >= 4 is 11.9 Å².